The summed E-state index contributed by atoms with van der Waals surface area (Å²) in [6.45, 7) is 2.66. The topological polar surface area (TPSA) is 36.4 Å². The molecule has 124 valence electrons. The second-order valence-corrected chi connectivity index (χ2v) is 6.72. The number of rotatable bonds is 3. The van der Waals surface area contributed by atoms with Crippen LogP contribution in [0, 0.1) is 5.92 Å². The summed E-state index contributed by atoms with van der Waals surface area (Å²) in [5.74, 6) is 1.39. The van der Waals surface area contributed by atoms with Gasteiger partial charge in [-0.2, -0.15) is 0 Å². The first-order valence-electron chi connectivity index (χ1n) is 8.84. The van der Waals surface area contributed by atoms with Crippen LogP contribution in [0.2, 0.25) is 0 Å². The van der Waals surface area contributed by atoms with Crippen LogP contribution in [0.25, 0.3) is 0 Å². The molecule has 0 radical (unpaired) electrons. The van der Waals surface area contributed by atoms with E-state index in [9.17, 15) is 4.79 Å². The number of piperidine rings is 1. The molecule has 2 atom stereocenters. The van der Waals surface area contributed by atoms with Crippen molar-refractivity contribution >= 4 is 11.7 Å². The second kappa shape index (κ2) is 6.63. The minimum absolute atomic E-state index is 0.0901. The maximum atomic E-state index is 13.0. The molecule has 2 aliphatic rings. The van der Waals surface area contributed by atoms with Crippen molar-refractivity contribution in [2.75, 3.05) is 24.5 Å². The SMILES string of the molecule is O=C([C@@H]1CCCN(c2ccccn2)C1)N1CC[C@@H]1c1ccccc1. The molecule has 1 amide bonds. The summed E-state index contributed by atoms with van der Waals surface area (Å²) >= 11 is 0. The minimum Gasteiger partial charge on any atom is -0.356 e. The first-order valence-corrected chi connectivity index (χ1v) is 8.84. The van der Waals surface area contributed by atoms with Crippen molar-refractivity contribution < 1.29 is 4.79 Å². The highest BCUT2D eigenvalue weighted by Gasteiger charge is 2.38. The monoisotopic (exact) mass is 321 g/mol. The van der Waals surface area contributed by atoms with Gasteiger partial charge >= 0.3 is 0 Å². The molecule has 0 N–H and O–H groups in total. The normalized spacial score (nSPS) is 23.7. The average Bonchev–Trinajstić information content (AvgIpc) is 2.62. The van der Waals surface area contributed by atoms with E-state index in [1.165, 1.54) is 5.56 Å². The van der Waals surface area contributed by atoms with Gasteiger partial charge in [0.2, 0.25) is 5.91 Å². The molecule has 24 heavy (non-hydrogen) atoms. The number of hydrogen-bond acceptors (Lipinski definition) is 3. The Labute approximate surface area is 143 Å². The van der Waals surface area contributed by atoms with Gasteiger partial charge in [-0.05, 0) is 37.0 Å². The number of likely N-dealkylation sites (tertiary alicyclic amines) is 1. The lowest BCUT2D eigenvalue weighted by Crippen LogP contribution is -2.51. The van der Waals surface area contributed by atoms with E-state index in [2.05, 4.69) is 39.0 Å². The first kappa shape index (κ1) is 15.2. The van der Waals surface area contributed by atoms with Gasteiger partial charge in [0.25, 0.3) is 0 Å². The highest BCUT2D eigenvalue weighted by Crippen LogP contribution is 2.35. The van der Waals surface area contributed by atoms with E-state index >= 15 is 0 Å². The van der Waals surface area contributed by atoms with Crippen molar-refractivity contribution in [3.63, 3.8) is 0 Å². The quantitative estimate of drug-likeness (QED) is 0.870. The van der Waals surface area contributed by atoms with Crippen LogP contribution in [0.1, 0.15) is 30.9 Å². The van der Waals surface area contributed by atoms with Gasteiger partial charge in [0.15, 0.2) is 0 Å². The Morgan fingerprint density at radius 2 is 1.83 bits per heavy atom. The lowest BCUT2D eigenvalue weighted by molar-refractivity contribution is -0.144. The molecule has 2 fully saturated rings. The van der Waals surface area contributed by atoms with E-state index in [0.717, 1.165) is 44.7 Å². The van der Waals surface area contributed by atoms with Crippen molar-refractivity contribution in [2.24, 2.45) is 5.92 Å². The van der Waals surface area contributed by atoms with Gasteiger partial charge in [-0.25, -0.2) is 4.98 Å². The fraction of sp³-hybridized carbons (Fsp3) is 0.400. The Balaban J connectivity index is 1.45. The highest BCUT2D eigenvalue weighted by molar-refractivity contribution is 5.81. The van der Waals surface area contributed by atoms with E-state index in [1.54, 1.807) is 0 Å². The molecule has 0 unspecified atom stereocenters. The number of aromatic nitrogens is 1. The van der Waals surface area contributed by atoms with E-state index in [1.807, 2.05) is 30.5 Å². The van der Waals surface area contributed by atoms with E-state index < -0.39 is 0 Å². The predicted octanol–water partition coefficient (Wildman–Crippen LogP) is 3.27. The molecule has 1 aromatic heterocycles. The lowest BCUT2D eigenvalue weighted by Gasteiger charge is -2.44. The molecule has 4 nitrogen and oxygen atoms in total. The Bertz CT molecular complexity index is 689. The van der Waals surface area contributed by atoms with Gasteiger partial charge in [-0.3, -0.25) is 4.79 Å². The summed E-state index contributed by atoms with van der Waals surface area (Å²) in [5, 5.41) is 0. The van der Waals surface area contributed by atoms with Crippen LogP contribution in [0.4, 0.5) is 5.82 Å². The van der Waals surface area contributed by atoms with Crippen LogP contribution < -0.4 is 4.90 Å². The number of pyridine rings is 1. The molecule has 0 spiro atoms. The molecular weight excluding hydrogens is 298 g/mol. The Morgan fingerprint density at radius 3 is 2.54 bits per heavy atom. The zero-order chi connectivity index (χ0) is 16.4. The van der Waals surface area contributed by atoms with Gasteiger partial charge < -0.3 is 9.80 Å². The summed E-state index contributed by atoms with van der Waals surface area (Å²) in [6.07, 6.45) is 4.94. The van der Waals surface area contributed by atoms with E-state index in [4.69, 9.17) is 0 Å². The molecule has 4 heteroatoms. The summed E-state index contributed by atoms with van der Waals surface area (Å²) in [4.78, 5) is 21.8. The van der Waals surface area contributed by atoms with Crippen molar-refractivity contribution in [3.05, 3.63) is 60.3 Å². The van der Waals surface area contributed by atoms with Crippen LogP contribution in [0.3, 0.4) is 0 Å². The fourth-order valence-corrected chi connectivity index (χ4v) is 3.83. The third kappa shape index (κ3) is 2.88. The van der Waals surface area contributed by atoms with E-state index in [0.29, 0.717) is 5.91 Å². The van der Waals surface area contributed by atoms with Crippen LogP contribution in [-0.2, 0) is 4.79 Å². The fourth-order valence-electron chi connectivity index (χ4n) is 3.83. The Hall–Kier alpha value is -2.36. The second-order valence-electron chi connectivity index (χ2n) is 6.72. The van der Waals surface area contributed by atoms with Crippen LogP contribution in [0.5, 0.6) is 0 Å². The maximum absolute atomic E-state index is 13.0. The van der Waals surface area contributed by atoms with Gasteiger partial charge in [0.05, 0.1) is 12.0 Å². The number of carbonyl (C=O) groups excluding carboxylic acids is 1. The van der Waals surface area contributed by atoms with E-state index in [-0.39, 0.29) is 12.0 Å². The molecule has 1 aromatic carbocycles. The third-order valence-corrected chi connectivity index (χ3v) is 5.23. The van der Waals surface area contributed by atoms with Crippen molar-refractivity contribution in [3.8, 4) is 0 Å². The molecule has 2 aliphatic heterocycles. The largest absolute Gasteiger partial charge is 0.356 e. The number of anilines is 1. The van der Waals surface area contributed by atoms with Crippen molar-refractivity contribution in [1.82, 2.24) is 9.88 Å². The number of amides is 1. The minimum atomic E-state index is 0.0901. The number of benzene rings is 1. The molecule has 4 rings (SSSR count). The molecule has 3 heterocycles. The smallest absolute Gasteiger partial charge is 0.227 e. The summed E-state index contributed by atoms with van der Waals surface area (Å²) in [7, 11) is 0. The van der Waals surface area contributed by atoms with Crippen LogP contribution in [0.15, 0.2) is 54.7 Å². The van der Waals surface area contributed by atoms with Crippen molar-refractivity contribution in [2.45, 2.75) is 25.3 Å². The molecule has 0 saturated carbocycles. The average molecular weight is 321 g/mol. The predicted molar refractivity (Wildman–Crippen MR) is 94.7 cm³/mol. The summed E-state index contributed by atoms with van der Waals surface area (Å²) in [5.41, 5.74) is 1.26. The number of nitrogens with zero attached hydrogens (tertiary/aromatic N) is 3. The zero-order valence-corrected chi connectivity index (χ0v) is 13.8. The highest BCUT2D eigenvalue weighted by atomic mass is 16.2. The third-order valence-electron chi connectivity index (χ3n) is 5.23. The van der Waals surface area contributed by atoms with Gasteiger partial charge in [-0.15, -0.1) is 0 Å². The van der Waals surface area contributed by atoms with Gasteiger partial charge in [0, 0.05) is 25.8 Å². The van der Waals surface area contributed by atoms with Crippen LogP contribution >= 0.6 is 0 Å². The summed E-state index contributed by atoms with van der Waals surface area (Å²) < 4.78 is 0. The first-order chi connectivity index (χ1) is 11.8. The Kier molecular flexibility index (Phi) is 4.20. The standard InChI is InChI=1S/C20H23N3O/c24-20(23-14-11-18(23)16-7-2-1-3-8-16)17-9-6-13-22(15-17)19-10-4-5-12-21-19/h1-5,7-8,10,12,17-18H,6,9,11,13-15H2/t17-,18-/m1/s1. The number of carbonyl (C=O) groups is 1. The maximum Gasteiger partial charge on any atom is 0.227 e. The van der Waals surface area contributed by atoms with Gasteiger partial charge in [0.1, 0.15) is 5.82 Å². The molecule has 0 aliphatic carbocycles. The zero-order valence-electron chi connectivity index (χ0n) is 13.8. The molecule has 2 aromatic rings. The number of hydrogen-bond donors (Lipinski definition) is 0. The molecule has 2 saturated heterocycles. The molecular formula is C20H23N3O. The van der Waals surface area contributed by atoms with Crippen LogP contribution in [-0.4, -0.2) is 35.4 Å². The molecule has 0 bridgehead atoms. The summed E-state index contributed by atoms with van der Waals surface area (Å²) in [6, 6.07) is 16.6. The van der Waals surface area contributed by atoms with Gasteiger partial charge in [-0.1, -0.05) is 36.4 Å². The lowest BCUT2D eigenvalue weighted by atomic mass is 9.90. The Morgan fingerprint density at radius 1 is 1.00 bits per heavy atom. The van der Waals surface area contributed by atoms with Crippen molar-refractivity contribution in [1.29, 1.82) is 0 Å².